The molecule has 182 valence electrons. The minimum atomic E-state index is -0.658. The highest BCUT2D eigenvalue weighted by atomic mass is 16.6. The molecule has 1 aromatic carbocycles. The lowest BCUT2D eigenvalue weighted by Gasteiger charge is -2.19. The number of esters is 2. The molecule has 0 aromatic heterocycles. The number of ketones is 1. The number of hydrogen-bond acceptors (Lipinski definition) is 6. The molecular formula is C27H39NO5. The van der Waals surface area contributed by atoms with Gasteiger partial charge in [0.05, 0.1) is 17.9 Å². The van der Waals surface area contributed by atoms with Crippen molar-refractivity contribution < 1.29 is 23.9 Å². The normalized spacial score (nSPS) is 19.4. The highest BCUT2D eigenvalue weighted by Crippen LogP contribution is 2.34. The first kappa shape index (κ1) is 25.4. The molecule has 6 nitrogen and oxygen atoms in total. The minimum absolute atomic E-state index is 0.0257. The maximum atomic E-state index is 13.0. The lowest BCUT2D eigenvalue weighted by Crippen LogP contribution is -2.35. The van der Waals surface area contributed by atoms with Crippen LogP contribution in [0.1, 0.15) is 101 Å². The van der Waals surface area contributed by atoms with Gasteiger partial charge in [0, 0.05) is 5.56 Å². The number of Topliss-reactive ketones (excluding diaryl/α,β-unsaturated/α-hetero) is 1. The van der Waals surface area contributed by atoms with Crippen molar-refractivity contribution in [2.75, 3.05) is 0 Å². The van der Waals surface area contributed by atoms with Crippen molar-refractivity contribution in [2.24, 2.45) is 23.5 Å². The molecule has 1 aromatic rings. The molecule has 33 heavy (non-hydrogen) atoms. The van der Waals surface area contributed by atoms with Gasteiger partial charge in [0.1, 0.15) is 0 Å². The van der Waals surface area contributed by atoms with Crippen LogP contribution in [0.4, 0.5) is 0 Å². The number of hydrogen-bond donors (Lipinski definition) is 1. The highest BCUT2D eigenvalue weighted by molar-refractivity contribution is 6.01. The van der Waals surface area contributed by atoms with Gasteiger partial charge < -0.3 is 15.2 Å². The largest absolute Gasteiger partial charge is 0.422 e. The molecule has 2 N–H and O–H groups in total. The van der Waals surface area contributed by atoms with Crippen molar-refractivity contribution in [1.29, 1.82) is 0 Å². The van der Waals surface area contributed by atoms with E-state index in [4.69, 9.17) is 15.2 Å². The molecule has 6 heteroatoms. The zero-order chi connectivity index (χ0) is 23.8. The summed E-state index contributed by atoms with van der Waals surface area (Å²) in [7, 11) is 0. The van der Waals surface area contributed by atoms with Crippen LogP contribution in [0, 0.1) is 17.8 Å². The molecule has 0 bridgehead atoms. The molecule has 0 radical (unpaired) electrons. The Morgan fingerprint density at radius 3 is 1.67 bits per heavy atom. The van der Waals surface area contributed by atoms with Gasteiger partial charge >= 0.3 is 11.9 Å². The summed E-state index contributed by atoms with van der Waals surface area (Å²) in [5.74, 6) is -0.846. The Bertz CT molecular complexity index is 818. The molecule has 0 spiro atoms. The third kappa shape index (κ3) is 7.13. The Hall–Kier alpha value is -2.21. The number of benzene rings is 1. The van der Waals surface area contributed by atoms with Crippen LogP contribution in [0.3, 0.4) is 0 Å². The van der Waals surface area contributed by atoms with E-state index in [1.807, 2.05) is 13.8 Å². The second-order valence-corrected chi connectivity index (χ2v) is 10.0. The van der Waals surface area contributed by atoms with E-state index in [0.29, 0.717) is 5.56 Å². The first-order valence-electron chi connectivity index (χ1n) is 12.7. The summed E-state index contributed by atoms with van der Waals surface area (Å²) in [6, 6.07) is 4.01. The molecule has 0 amide bonds. The Labute approximate surface area is 197 Å². The van der Waals surface area contributed by atoms with Gasteiger partial charge in [-0.15, -0.1) is 0 Å². The number of rotatable bonds is 7. The fraction of sp³-hybridized carbons (Fsp3) is 0.667. The molecular weight excluding hydrogens is 418 g/mol. The third-order valence-corrected chi connectivity index (χ3v) is 7.05. The smallest absolute Gasteiger partial charge is 0.314 e. The Kier molecular flexibility index (Phi) is 9.48. The number of carbonyl (C=O) groups is 3. The Balaban J connectivity index is 1.83. The van der Waals surface area contributed by atoms with Gasteiger partial charge in [-0.1, -0.05) is 65.2 Å². The monoisotopic (exact) mass is 457 g/mol. The molecule has 3 rings (SSSR count). The fourth-order valence-corrected chi connectivity index (χ4v) is 4.73. The zero-order valence-electron chi connectivity index (χ0n) is 20.1. The molecule has 1 unspecified atom stereocenters. The summed E-state index contributed by atoms with van der Waals surface area (Å²) in [4.78, 5) is 38.6. The molecule has 2 saturated carbocycles. The van der Waals surface area contributed by atoms with Gasteiger partial charge in [0.2, 0.25) is 0 Å². The van der Waals surface area contributed by atoms with Crippen molar-refractivity contribution in [3.63, 3.8) is 0 Å². The van der Waals surface area contributed by atoms with Crippen molar-refractivity contribution in [3.8, 4) is 11.5 Å². The summed E-state index contributed by atoms with van der Waals surface area (Å²) in [5, 5.41) is 0. The maximum absolute atomic E-state index is 13.0. The average Bonchev–Trinajstić information content (AvgIpc) is 3.24. The standard InChI is InChI=1S/C27H39NO5/c1-18(2)24(28)25(29)21-15-16-22(32-26(30)19-11-7-3-4-8-12-19)23(17-21)33-27(31)20-13-9-5-6-10-14-20/h15-20,24H,3-14,28H2,1-2H3. The van der Waals surface area contributed by atoms with Crippen LogP contribution in [-0.2, 0) is 9.59 Å². The van der Waals surface area contributed by atoms with Crippen LogP contribution in [0.2, 0.25) is 0 Å². The second kappa shape index (κ2) is 12.3. The highest BCUT2D eigenvalue weighted by Gasteiger charge is 2.28. The summed E-state index contributed by atoms with van der Waals surface area (Å²) < 4.78 is 11.5. The van der Waals surface area contributed by atoms with E-state index in [2.05, 4.69) is 0 Å². The zero-order valence-corrected chi connectivity index (χ0v) is 20.1. The summed E-state index contributed by atoms with van der Waals surface area (Å²) in [5.41, 5.74) is 6.42. The van der Waals surface area contributed by atoms with Gasteiger partial charge in [-0.3, -0.25) is 14.4 Å². The van der Waals surface area contributed by atoms with Gasteiger partial charge in [-0.05, 0) is 49.8 Å². The van der Waals surface area contributed by atoms with Crippen LogP contribution in [0.5, 0.6) is 11.5 Å². The van der Waals surface area contributed by atoms with Crippen LogP contribution in [0.15, 0.2) is 18.2 Å². The quantitative estimate of drug-likeness (QED) is 0.248. The van der Waals surface area contributed by atoms with E-state index >= 15 is 0 Å². The molecule has 2 fully saturated rings. The van der Waals surface area contributed by atoms with E-state index in [-0.39, 0.29) is 47.0 Å². The molecule has 0 aliphatic heterocycles. The Morgan fingerprint density at radius 1 is 0.758 bits per heavy atom. The van der Waals surface area contributed by atoms with Crippen molar-refractivity contribution in [1.82, 2.24) is 0 Å². The first-order valence-corrected chi connectivity index (χ1v) is 12.7. The molecule has 2 aliphatic rings. The van der Waals surface area contributed by atoms with Crippen molar-refractivity contribution in [3.05, 3.63) is 23.8 Å². The molecule has 2 aliphatic carbocycles. The predicted octanol–water partition coefficient (Wildman–Crippen LogP) is 5.60. The van der Waals surface area contributed by atoms with Gasteiger partial charge in [-0.2, -0.15) is 0 Å². The van der Waals surface area contributed by atoms with E-state index in [9.17, 15) is 14.4 Å². The lowest BCUT2D eigenvalue weighted by molar-refractivity contribution is -0.142. The summed E-state index contributed by atoms with van der Waals surface area (Å²) >= 11 is 0. The Morgan fingerprint density at radius 2 is 1.21 bits per heavy atom. The van der Waals surface area contributed by atoms with E-state index in [0.717, 1.165) is 77.0 Å². The van der Waals surface area contributed by atoms with Crippen LogP contribution in [-0.4, -0.2) is 23.8 Å². The number of carbonyl (C=O) groups excluding carboxylic acids is 3. The SMILES string of the molecule is CC(C)C(N)C(=O)c1ccc(OC(=O)C2CCCCCC2)c(OC(=O)C2CCCCCC2)c1. The lowest BCUT2D eigenvalue weighted by atomic mass is 9.95. The van der Waals surface area contributed by atoms with Gasteiger partial charge in [0.15, 0.2) is 17.3 Å². The van der Waals surface area contributed by atoms with Crippen molar-refractivity contribution >= 4 is 17.7 Å². The predicted molar refractivity (Wildman–Crippen MR) is 127 cm³/mol. The number of nitrogens with two attached hydrogens (primary N) is 1. The fourth-order valence-electron chi connectivity index (χ4n) is 4.73. The topological polar surface area (TPSA) is 95.7 Å². The molecule has 0 saturated heterocycles. The summed E-state index contributed by atoms with van der Waals surface area (Å²) in [6.45, 7) is 3.77. The van der Waals surface area contributed by atoms with Crippen LogP contribution >= 0.6 is 0 Å². The van der Waals surface area contributed by atoms with E-state index < -0.39 is 6.04 Å². The minimum Gasteiger partial charge on any atom is -0.422 e. The van der Waals surface area contributed by atoms with Crippen LogP contribution in [0.25, 0.3) is 0 Å². The van der Waals surface area contributed by atoms with Gasteiger partial charge in [0.25, 0.3) is 0 Å². The third-order valence-electron chi connectivity index (χ3n) is 7.05. The maximum Gasteiger partial charge on any atom is 0.314 e. The molecule has 1 atom stereocenters. The first-order chi connectivity index (χ1) is 15.9. The average molecular weight is 458 g/mol. The van der Waals surface area contributed by atoms with E-state index in [1.165, 1.54) is 6.07 Å². The van der Waals surface area contributed by atoms with E-state index in [1.54, 1.807) is 12.1 Å². The summed E-state index contributed by atoms with van der Waals surface area (Å²) in [6.07, 6.45) is 11.8. The van der Waals surface area contributed by atoms with Crippen molar-refractivity contribution in [2.45, 2.75) is 96.9 Å². The van der Waals surface area contributed by atoms with Gasteiger partial charge in [-0.25, -0.2) is 0 Å². The number of ether oxygens (including phenoxy) is 2. The molecule has 0 heterocycles. The second-order valence-electron chi connectivity index (χ2n) is 10.0. The van der Waals surface area contributed by atoms with Crippen LogP contribution < -0.4 is 15.2 Å².